The number of rotatable bonds is 6. The zero-order chi connectivity index (χ0) is 21.7. The van der Waals surface area contributed by atoms with Crippen molar-refractivity contribution in [2.75, 3.05) is 0 Å². The molecule has 0 nitrogen and oxygen atoms in total. The van der Waals surface area contributed by atoms with E-state index in [2.05, 4.69) is 74.5 Å². The molecule has 160 valence electrons. The average Bonchev–Trinajstić information content (AvgIpc) is 3.33. The Morgan fingerprint density at radius 2 is 1.00 bits per heavy atom. The van der Waals surface area contributed by atoms with Crippen molar-refractivity contribution in [1.82, 2.24) is 0 Å². The molecule has 0 unspecified atom stereocenters. The Morgan fingerprint density at radius 3 is 1.44 bits per heavy atom. The molecule has 2 heterocycles. The third kappa shape index (κ3) is 3.41. The monoisotopic (exact) mass is 452 g/mol. The highest BCUT2D eigenvalue weighted by Crippen LogP contribution is 2.46. The minimum atomic E-state index is 1.18. The number of thiophene rings is 2. The van der Waals surface area contributed by atoms with E-state index in [4.69, 9.17) is 0 Å². The van der Waals surface area contributed by atoms with Gasteiger partial charge in [0.05, 0.1) is 9.40 Å². The van der Waals surface area contributed by atoms with E-state index in [1.807, 2.05) is 22.7 Å². The summed E-state index contributed by atoms with van der Waals surface area (Å²) in [5.74, 6) is 0. The van der Waals surface area contributed by atoms with Crippen molar-refractivity contribution in [2.45, 2.75) is 52.4 Å². The van der Waals surface area contributed by atoms with Crippen LogP contribution < -0.4 is 0 Å². The van der Waals surface area contributed by atoms with E-state index in [-0.39, 0.29) is 0 Å². The molecule has 0 fully saturated rings. The first kappa shape index (κ1) is 20.2. The molecule has 6 aromatic rings. The van der Waals surface area contributed by atoms with Gasteiger partial charge in [0.1, 0.15) is 0 Å². The first-order valence-electron chi connectivity index (χ1n) is 12.0. The first-order chi connectivity index (χ1) is 15.7. The maximum Gasteiger partial charge on any atom is 0.0542 e. The molecule has 0 radical (unpaired) electrons. The van der Waals surface area contributed by atoms with E-state index in [0.717, 1.165) is 0 Å². The molecule has 2 aromatic heterocycles. The van der Waals surface area contributed by atoms with Gasteiger partial charge < -0.3 is 0 Å². The highest BCUT2D eigenvalue weighted by Gasteiger charge is 2.14. The summed E-state index contributed by atoms with van der Waals surface area (Å²) in [6, 6.07) is 23.8. The van der Waals surface area contributed by atoms with E-state index in [1.54, 1.807) is 0 Å². The zero-order valence-electron chi connectivity index (χ0n) is 18.8. The van der Waals surface area contributed by atoms with Gasteiger partial charge in [0.2, 0.25) is 0 Å². The van der Waals surface area contributed by atoms with Crippen LogP contribution in [0.25, 0.3) is 51.1 Å². The minimum absolute atomic E-state index is 1.18. The zero-order valence-corrected chi connectivity index (χ0v) is 20.5. The van der Waals surface area contributed by atoms with Crippen LogP contribution in [0.5, 0.6) is 0 Å². The van der Waals surface area contributed by atoms with Crippen LogP contribution >= 0.6 is 22.7 Å². The molecule has 6 rings (SSSR count). The largest absolute Gasteiger partial charge is 0.134 e. The smallest absolute Gasteiger partial charge is 0.0542 e. The number of hydrogen-bond acceptors (Lipinski definition) is 2. The van der Waals surface area contributed by atoms with Crippen LogP contribution in [0.2, 0.25) is 0 Å². The van der Waals surface area contributed by atoms with Crippen molar-refractivity contribution < 1.29 is 0 Å². The predicted octanol–water partition coefficient (Wildman–Crippen LogP) is 10.3. The van der Waals surface area contributed by atoms with Gasteiger partial charge in [0.25, 0.3) is 0 Å². The normalized spacial score (nSPS) is 12.2. The van der Waals surface area contributed by atoms with Crippen LogP contribution in [0.1, 0.15) is 50.7 Å². The Bertz CT molecular complexity index is 1470. The number of hydrogen-bond donors (Lipinski definition) is 0. The van der Waals surface area contributed by atoms with Gasteiger partial charge >= 0.3 is 0 Å². The molecule has 0 aliphatic heterocycles. The Labute approximate surface area is 197 Å². The SMILES string of the molecule is CCCCc1ccc2cc3c(cc2c1)sc1c2cc4ccc(CCCC)cc4cc2sc31. The van der Waals surface area contributed by atoms with Crippen LogP contribution in [0, 0.1) is 0 Å². The number of fused-ring (bicyclic) bond motifs is 7. The topological polar surface area (TPSA) is 0 Å². The summed E-state index contributed by atoms with van der Waals surface area (Å²) in [5.41, 5.74) is 2.93. The maximum absolute atomic E-state index is 2.42. The van der Waals surface area contributed by atoms with Gasteiger partial charge in [-0.1, -0.05) is 63.1 Å². The number of unbranched alkanes of at least 4 members (excludes halogenated alkanes) is 2. The van der Waals surface area contributed by atoms with Crippen molar-refractivity contribution in [3.63, 3.8) is 0 Å². The fourth-order valence-corrected chi connectivity index (χ4v) is 7.61. The summed E-state index contributed by atoms with van der Waals surface area (Å²) >= 11 is 3.94. The second-order valence-electron chi connectivity index (χ2n) is 9.13. The molecule has 0 saturated heterocycles. The number of benzene rings is 4. The summed E-state index contributed by atoms with van der Waals surface area (Å²) in [6.07, 6.45) is 7.40. The van der Waals surface area contributed by atoms with Crippen LogP contribution in [0.4, 0.5) is 0 Å². The average molecular weight is 453 g/mol. The number of aryl methyl sites for hydroxylation is 2. The van der Waals surface area contributed by atoms with Gasteiger partial charge in [-0.3, -0.25) is 0 Å². The minimum Gasteiger partial charge on any atom is -0.134 e. The van der Waals surface area contributed by atoms with E-state index >= 15 is 0 Å². The fraction of sp³-hybridized carbons (Fsp3) is 0.267. The molecule has 0 saturated carbocycles. The molecule has 0 aliphatic rings. The molecule has 0 N–H and O–H groups in total. The Morgan fingerprint density at radius 1 is 0.531 bits per heavy atom. The molecule has 0 aliphatic carbocycles. The standard InChI is InChI=1S/C30H28S2/c1-3-5-7-19-9-11-21-15-25-27(17-23(21)13-19)31-30-26-16-22-12-10-20(8-6-4-2)14-24(22)18-28(26)32-29(25)30/h9-18H,3-8H2,1-2H3. The highest BCUT2D eigenvalue weighted by atomic mass is 32.1. The van der Waals surface area contributed by atoms with Crippen LogP contribution in [-0.2, 0) is 12.8 Å². The highest BCUT2D eigenvalue weighted by molar-refractivity contribution is 7.36. The van der Waals surface area contributed by atoms with Gasteiger partial charge in [-0.05, 0) is 82.6 Å². The molecule has 0 bridgehead atoms. The van der Waals surface area contributed by atoms with Crippen LogP contribution in [0.15, 0.2) is 60.7 Å². The lowest BCUT2D eigenvalue weighted by Gasteiger charge is -2.04. The lowest BCUT2D eigenvalue weighted by molar-refractivity contribution is 0.796. The van der Waals surface area contributed by atoms with Gasteiger partial charge in [-0.15, -0.1) is 22.7 Å². The third-order valence-corrected chi connectivity index (χ3v) is 9.26. The van der Waals surface area contributed by atoms with Crippen molar-refractivity contribution in [2.24, 2.45) is 0 Å². The Balaban J connectivity index is 1.50. The second-order valence-corrected chi connectivity index (χ2v) is 11.2. The predicted molar refractivity (Wildman–Crippen MR) is 147 cm³/mol. The summed E-state index contributed by atoms with van der Waals surface area (Å²) in [4.78, 5) is 0. The molecule has 2 heteroatoms. The molecule has 0 atom stereocenters. The second kappa shape index (κ2) is 8.17. The summed E-state index contributed by atoms with van der Waals surface area (Å²) in [6.45, 7) is 4.53. The van der Waals surface area contributed by atoms with E-state index in [1.165, 1.54) is 101 Å². The van der Waals surface area contributed by atoms with Gasteiger partial charge in [-0.2, -0.15) is 0 Å². The van der Waals surface area contributed by atoms with E-state index < -0.39 is 0 Å². The molecular formula is C30H28S2. The Hall–Kier alpha value is -2.42. The van der Waals surface area contributed by atoms with Gasteiger partial charge in [0.15, 0.2) is 0 Å². The first-order valence-corrected chi connectivity index (χ1v) is 13.6. The maximum atomic E-state index is 2.42. The lowest BCUT2D eigenvalue weighted by Crippen LogP contribution is -1.84. The quantitative estimate of drug-likeness (QED) is 0.236. The third-order valence-electron chi connectivity index (χ3n) is 6.76. The van der Waals surface area contributed by atoms with Crippen molar-refractivity contribution in [1.29, 1.82) is 0 Å². The molecule has 0 spiro atoms. The molecule has 0 amide bonds. The van der Waals surface area contributed by atoms with Crippen molar-refractivity contribution >= 4 is 73.8 Å². The van der Waals surface area contributed by atoms with Crippen molar-refractivity contribution in [3.8, 4) is 0 Å². The molecule has 32 heavy (non-hydrogen) atoms. The van der Waals surface area contributed by atoms with Crippen LogP contribution in [-0.4, -0.2) is 0 Å². The van der Waals surface area contributed by atoms with E-state index in [0.29, 0.717) is 0 Å². The lowest BCUT2D eigenvalue weighted by atomic mass is 10.0. The fourth-order valence-electron chi connectivity index (χ4n) is 4.92. The van der Waals surface area contributed by atoms with E-state index in [9.17, 15) is 0 Å². The summed E-state index contributed by atoms with van der Waals surface area (Å²) in [5, 5.41) is 8.34. The van der Waals surface area contributed by atoms with Gasteiger partial charge in [-0.25, -0.2) is 0 Å². The van der Waals surface area contributed by atoms with Crippen molar-refractivity contribution in [3.05, 3.63) is 71.8 Å². The van der Waals surface area contributed by atoms with Crippen LogP contribution in [0.3, 0.4) is 0 Å². The summed E-state index contributed by atoms with van der Waals surface area (Å²) < 4.78 is 5.75. The molecule has 4 aromatic carbocycles. The summed E-state index contributed by atoms with van der Waals surface area (Å²) in [7, 11) is 0. The molecular weight excluding hydrogens is 424 g/mol. The Kier molecular flexibility index (Phi) is 5.16. The van der Waals surface area contributed by atoms with Gasteiger partial charge in [0, 0.05) is 20.2 Å².